The molecule has 1 aliphatic carbocycles. The number of methoxy groups -OCH3 is 2. The van der Waals surface area contributed by atoms with Gasteiger partial charge in [0, 0.05) is 32.9 Å². The van der Waals surface area contributed by atoms with Crippen LogP contribution in [-0.2, 0) is 4.74 Å². The van der Waals surface area contributed by atoms with Crippen molar-refractivity contribution in [2.75, 3.05) is 20.8 Å². The second-order valence-corrected chi connectivity index (χ2v) is 9.03. The minimum Gasteiger partial charge on any atom is -0.496 e. The zero-order chi connectivity index (χ0) is 24.5. The van der Waals surface area contributed by atoms with E-state index in [2.05, 4.69) is 0 Å². The predicted octanol–water partition coefficient (Wildman–Crippen LogP) is 5.44. The van der Waals surface area contributed by atoms with E-state index in [0.29, 0.717) is 28.2 Å². The average molecular weight is 459 g/mol. The van der Waals surface area contributed by atoms with E-state index >= 15 is 0 Å². The Hall–Kier alpha value is -3.93. The number of ketones is 2. The zero-order valence-electron chi connectivity index (χ0n) is 19.6. The summed E-state index contributed by atoms with van der Waals surface area (Å²) in [5, 5.41) is 1.57. The molecule has 0 atom stereocenters. The van der Waals surface area contributed by atoms with Gasteiger partial charge in [-0.15, -0.1) is 0 Å². The second kappa shape index (κ2) is 9.14. The molecule has 0 saturated heterocycles. The van der Waals surface area contributed by atoms with Crippen molar-refractivity contribution in [3.05, 3.63) is 82.9 Å². The van der Waals surface area contributed by atoms with E-state index in [4.69, 9.17) is 14.2 Å². The predicted molar refractivity (Wildman–Crippen MR) is 129 cm³/mol. The van der Waals surface area contributed by atoms with Crippen LogP contribution in [-0.4, -0.2) is 38.4 Å². The Morgan fingerprint density at radius 2 is 1.53 bits per heavy atom. The van der Waals surface area contributed by atoms with Crippen LogP contribution in [0.25, 0.3) is 10.8 Å². The molecular weight excluding hydrogens is 432 g/mol. The number of esters is 1. The van der Waals surface area contributed by atoms with Crippen LogP contribution in [0.4, 0.5) is 0 Å². The van der Waals surface area contributed by atoms with Gasteiger partial charge in [0.05, 0.1) is 20.8 Å². The van der Waals surface area contributed by atoms with Crippen molar-refractivity contribution in [1.29, 1.82) is 0 Å². The Kier molecular flexibility index (Phi) is 6.24. The van der Waals surface area contributed by atoms with Crippen molar-refractivity contribution >= 4 is 28.3 Å². The van der Waals surface area contributed by atoms with Gasteiger partial charge in [0.1, 0.15) is 17.1 Å². The van der Waals surface area contributed by atoms with Crippen molar-refractivity contribution in [2.45, 2.75) is 20.3 Å². The highest BCUT2D eigenvalue weighted by Crippen LogP contribution is 2.37. The Morgan fingerprint density at radius 1 is 0.882 bits per heavy atom. The molecule has 0 radical (unpaired) electrons. The summed E-state index contributed by atoms with van der Waals surface area (Å²) in [6.45, 7) is 3.82. The van der Waals surface area contributed by atoms with Gasteiger partial charge in [0.25, 0.3) is 0 Å². The quantitative estimate of drug-likeness (QED) is 0.439. The topological polar surface area (TPSA) is 78.9 Å². The van der Waals surface area contributed by atoms with Crippen LogP contribution in [0.2, 0.25) is 0 Å². The molecule has 0 fully saturated rings. The summed E-state index contributed by atoms with van der Waals surface area (Å²) in [5.74, 6) is 0.0326. The highest BCUT2D eigenvalue weighted by Gasteiger charge is 2.31. The highest BCUT2D eigenvalue weighted by atomic mass is 16.5. The van der Waals surface area contributed by atoms with Crippen LogP contribution in [0.5, 0.6) is 11.5 Å². The van der Waals surface area contributed by atoms with Gasteiger partial charge in [-0.05, 0) is 18.6 Å². The van der Waals surface area contributed by atoms with E-state index in [1.54, 1.807) is 37.4 Å². The third-order valence-electron chi connectivity index (χ3n) is 5.90. The third-order valence-corrected chi connectivity index (χ3v) is 5.90. The van der Waals surface area contributed by atoms with Crippen LogP contribution >= 0.6 is 0 Å². The summed E-state index contributed by atoms with van der Waals surface area (Å²) in [7, 11) is 3.05. The summed E-state index contributed by atoms with van der Waals surface area (Å²) >= 11 is 0. The number of allylic oxidation sites excluding steroid dienone is 2. The number of Topliss-reactive ketones (excluding diaryl/α,β-unsaturated/α-hetero) is 1. The lowest BCUT2D eigenvalue weighted by atomic mass is 9.80. The molecule has 34 heavy (non-hydrogen) atoms. The van der Waals surface area contributed by atoms with E-state index in [-0.39, 0.29) is 30.2 Å². The molecule has 6 nitrogen and oxygen atoms in total. The van der Waals surface area contributed by atoms with Crippen LogP contribution < -0.4 is 9.47 Å². The molecule has 0 aliphatic heterocycles. The molecule has 3 aromatic rings. The molecule has 0 heterocycles. The number of hydrogen-bond acceptors (Lipinski definition) is 6. The normalized spacial score (nSPS) is 13.4. The summed E-state index contributed by atoms with van der Waals surface area (Å²) in [4.78, 5) is 38.5. The summed E-state index contributed by atoms with van der Waals surface area (Å²) in [5.41, 5.74) is 0.905. The van der Waals surface area contributed by atoms with E-state index in [1.807, 2.05) is 38.1 Å². The van der Waals surface area contributed by atoms with Gasteiger partial charge in [-0.3, -0.25) is 9.59 Å². The molecular formula is C28H26O6. The molecule has 0 saturated carbocycles. The maximum Gasteiger partial charge on any atom is 0.342 e. The minimum atomic E-state index is -0.585. The first-order valence-corrected chi connectivity index (χ1v) is 10.9. The van der Waals surface area contributed by atoms with E-state index < -0.39 is 11.4 Å². The molecule has 3 aromatic carbocycles. The van der Waals surface area contributed by atoms with Gasteiger partial charge in [-0.1, -0.05) is 62.4 Å². The van der Waals surface area contributed by atoms with Crippen LogP contribution in [0.15, 0.2) is 66.2 Å². The lowest BCUT2D eigenvalue weighted by Gasteiger charge is -2.27. The first-order valence-electron chi connectivity index (χ1n) is 10.9. The fourth-order valence-corrected chi connectivity index (χ4v) is 4.26. The average Bonchev–Trinajstić information content (AvgIpc) is 2.84. The molecule has 1 aliphatic rings. The number of carbonyl (C=O) groups excluding carboxylic acids is 3. The largest absolute Gasteiger partial charge is 0.496 e. The zero-order valence-corrected chi connectivity index (χ0v) is 19.6. The molecule has 0 amide bonds. The van der Waals surface area contributed by atoms with Gasteiger partial charge in [-0.2, -0.15) is 0 Å². The van der Waals surface area contributed by atoms with Gasteiger partial charge in [0.15, 0.2) is 11.6 Å². The molecule has 0 N–H and O–H groups in total. The first kappa shape index (κ1) is 23.2. The van der Waals surface area contributed by atoms with Crippen molar-refractivity contribution in [1.82, 2.24) is 0 Å². The number of hydrogen-bond donors (Lipinski definition) is 0. The van der Waals surface area contributed by atoms with Crippen molar-refractivity contribution in [2.24, 2.45) is 5.41 Å². The van der Waals surface area contributed by atoms with E-state index in [0.717, 1.165) is 10.8 Å². The molecule has 0 aromatic heterocycles. The maximum atomic E-state index is 13.1. The monoisotopic (exact) mass is 458 g/mol. The van der Waals surface area contributed by atoms with Gasteiger partial charge >= 0.3 is 5.97 Å². The molecule has 0 bridgehead atoms. The third kappa shape index (κ3) is 4.31. The Labute approximate surface area is 198 Å². The van der Waals surface area contributed by atoms with Crippen molar-refractivity contribution in [3.8, 4) is 11.5 Å². The highest BCUT2D eigenvalue weighted by molar-refractivity contribution is 6.24. The lowest BCUT2D eigenvalue weighted by molar-refractivity contribution is 0.0337. The van der Waals surface area contributed by atoms with Gasteiger partial charge in [0.2, 0.25) is 0 Å². The lowest BCUT2D eigenvalue weighted by Crippen LogP contribution is -2.26. The number of carbonyl (C=O) groups is 3. The Morgan fingerprint density at radius 3 is 2.21 bits per heavy atom. The molecule has 0 unspecified atom stereocenters. The van der Waals surface area contributed by atoms with Crippen LogP contribution in [0, 0.1) is 5.41 Å². The summed E-state index contributed by atoms with van der Waals surface area (Å²) in [6.07, 6.45) is 1.68. The second-order valence-electron chi connectivity index (χ2n) is 9.03. The SMILES string of the molecule is COc1cc(C(=O)OCC(C)(C)CC2=CC(=O)c3ccccc3C2=O)c(OC)c2ccccc12. The first-order chi connectivity index (χ1) is 16.3. The molecule has 174 valence electrons. The Balaban J connectivity index is 1.54. The fraction of sp³-hybridized carbons (Fsp3) is 0.250. The standard InChI is InChI=1S/C28H26O6/c1-28(2,15-17-13-23(29)18-9-5-7-11-20(18)25(17)30)16-34-27(31)22-14-24(32-3)19-10-6-8-12-21(19)26(22)33-4/h5-14H,15-16H2,1-4H3. The maximum absolute atomic E-state index is 13.1. The number of rotatable bonds is 7. The number of benzene rings is 3. The van der Waals surface area contributed by atoms with Crippen molar-refractivity contribution in [3.63, 3.8) is 0 Å². The summed E-state index contributed by atoms with van der Waals surface area (Å²) < 4.78 is 16.7. The van der Waals surface area contributed by atoms with Crippen LogP contribution in [0.1, 0.15) is 51.3 Å². The van der Waals surface area contributed by atoms with E-state index in [1.165, 1.54) is 13.2 Å². The van der Waals surface area contributed by atoms with Crippen molar-refractivity contribution < 1.29 is 28.6 Å². The van der Waals surface area contributed by atoms with Gasteiger partial charge in [-0.25, -0.2) is 4.79 Å². The van der Waals surface area contributed by atoms with Crippen LogP contribution in [0.3, 0.4) is 0 Å². The summed E-state index contributed by atoms with van der Waals surface area (Å²) in [6, 6.07) is 15.9. The number of ether oxygens (including phenoxy) is 3. The smallest absolute Gasteiger partial charge is 0.342 e. The molecule has 4 rings (SSSR count). The van der Waals surface area contributed by atoms with Gasteiger partial charge < -0.3 is 14.2 Å². The van der Waals surface area contributed by atoms with E-state index in [9.17, 15) is 14.4 Å². The number of fused-ring (bicyclic) bond motifs is 2. The minimum absolute atomic E-state index is 0.0462. The molecule has 6 heteroatoms. The fourth-order valence-electron chi connectivity index (χ4n) is 4.26. The molecule has 0 spiro atoms. The Bertz CT molecular complexity index is 1330.